The van der Waals surface area contributed by atoms with E-state index in [1.807, 2.05) is 19.9 Å². The molecule has 0 unspecified atom stereocenters. The molecule has 1 aromatic rings. The number of aromatic nitrogens is 1. The zero-order chi connectivity index (χ0) is 15.5. The Hall–Kier alpha value is -1.20. The lowest BCUT2D eigenvalue weighted by Crippen LogP contribution is -2.35. The van der Waals surface area contributed by atoms with Gasteiger partial charge in [0.05, 0.1) is 5.56 Å². The van der Waals surface area contributed by atoms with Gasteiger partial charge in [-0.15, -0.1) is 0 Å². The summed E-state index contributed by atoms with van der Waals surface area (Å²) in [6, 6.07) is 2.00. The van der Waals surface area contributed by atoms with Crippen molar-refractivity contribution in [3.8, 4) is 0 Å². The molecule has 0 bridgehead atoms. The number of hydrogen-bond donors (Lipinski definition) is 2. The minimum Gasteiger partial charge on any atom is -0.389 e. The largest absolute Gasteiger partial charge is 0.389 e. The van der Waals surface area contributed by atoms with Gasteiger partial charge in [0.1, 0.15) is 10.8 Å². The number of nitrogens with two attached hydrogens (primary N) is 1. The first-order chi connectivity index (χ1) is 9.12. The van der Waals surface area contributed by atoms with Gasteiger partial charge in [-0.25, -0.2) is 4.98 Å². The molecule has 3 N–H and O–H groups in total. The molecule has 1 rings (SSSR count). The number of rotatable bonds is 6. The molecular weight excluding hydrogens is 268 g/mol. The summed E-state index contributed by atoms with van der Waals surface area (Å²) in [7, 11) is 4.16. The van der Waals surface area contributed by atoms with E-state index in [1.165, 1.54) is 0 Å². The van der Waals surface area contributed by atoms with E-state index in [4.69, 9.17) is 18.0 Å². The first-order valence-corrected chi connectivity index (χ1v) is 7.20. The number of pyridine rings is 1. The summed E-state index contributed by atoms with van der Waals surface area (Å²) in [5.41, 5.74) is 8.85. The van der Waals surface area contributed by atoms with Gasteiger partial charge in [-0.3, -0.25) is 0 Å². The first kappa shape index (κ1) is 16.9. The highest BCUT2D eigenvalue weighted by molar-refractivity contribution is 7.80. The third-order valence-electron chi connectivity index (χ3n) is 3.07. The molecule has 5 heteroatoms. The van der Waals surface area contributed by atoms with Gasteiger partial charge in [-0.2, -0.15) is 0 Å². The van der Waals surface area contributed by atoms with Crippen molar-refractivity contribution in [1.82, 2.24) is 9.88 Å². The van der Waals surface area contributed by atoms with E-state index >= 15 is 0 Å². The highest BCUT2D eigenvalue weighted by Crippen LogP contribution is 2.22. The summed E-state index contributed by atoms with van der Waals surface area (Å²) < 4.78 is 0. The molecule has 0 atom stereocenters. The van der Waals surface area contributed by atoms with E-state index in [9.17, 15) is 0 Å². The molecule has 4 nitrogen and oxygen atoms in total. The zero-order valence-corrected chi connectivity index (χ0v) is 14.2. The number of anilines is 1. The van der Waals surface area contributed by atoms with Crippen molar-refractivity contribution in [2.75, 3.05) is 32.5 Å². The third-order valence-corrected chi connectivity index (χ3v) is 3.27. The Balaban J connectivity index is 2.95. The van der Waals surface area contributed by atoms with Gasteiger partial charge in [-0.05, 0) is 45.0 Å². The van der Waals surface area contributed by atoms with Crippen LogP contribution in [0.5, 0.6) is 0 Å². The van der Waals surface area contributed by atoms with Crippen LogP contribution in [0.25, 0.3) is 0 Å². The molecule has 112 valence electrons. The summed E-state index contributed by atoms with van der Waals surface area (Å²) in [6.45, 7) is 10.3. The van der Waals surface area contributed by atoms with Gasteiger partial charge in [0.25, 0.3) is 0 Å². The normalized spacial score (nSPS) is 11.8. The number of aryl methyl sites for hydroxylation is 2. The van der Waals surface area contributed by atoms with Gasteiger partial charge in [0, 0.05) is 18.8 Å². The Morgan fingerprint density at radius 1 is 1.40 bits per heavy atom. The van der Waals surface area contributed by atoms with Crippen LogP contribution in [0.15, 0.2) is 6.07 Å². The predicted octanol–water partition coefficient (Wildman–Crippen LogP) is 2.33. The lowest BCUT2D eigenvalue weighted by Gasteiger charge is -2.29. The lowest BCUT2D eigenvalue weighted by molar-refractivity contribution is 0.254. The molecular formula is C15H26N4S. The van der Waals surface area contributed by atoms with Crippen LogP contribution in [0.1, 0.15) is 30.7 Å². The second kappa shape index (κ2) is 6.50. The van der Waals surface area contributed by atoms with Crippen molar-refractivity contribution >= 4 is 23.0 Å². The fourth-order valence-electron chi connectivity index (χ4n) is 2.51. The topological polar surface area (TPSA) is 54.2 Å². The van der Waals surface area contributed by atoms with Crippen LogP contribution >= 0.6 is 12.2 Å². The Kier molecular flexibility index (Phi) is 5.48. The summed E-state index contributed by atoms with van der Waals surface area (Å²) in [4.78, 5) is 7.12. The Labute approximate surface area is 127 Å². The SMILES string of the molecule is Cc1cc(C)c(C(N)=S)c(NCC(C)(C)CN(C)C)n1. The van der Waals surface area contributed by atoms with E-state index in [0.29, 0.717) is 4.99 Å². The van der Waals surface area contributed by atoms with E-state index in [2.05, 4.69) is 43.1 Å². The molecule has 0 fully saturated rings. The van der Waals surface area contributed by atoms with Crippen LogP contribution in [-0.2, 0) is 0 Å². The summed E-state index contributed by atoms with van der Waals surface area (Å²) in [6.07, 6.45) is 0. The number of nitrogens with one attached hydrogen (secondary N) is 1. The fourth-order valence-corrected chi connectivity index (χ4v) is 2.77. The molecule has 1 heterocycles. The van der Waals surface area contributed by atoms with Gasteiger partial charge in [0.2, 0.25) is 0 Å². The van der Waals surface area contributed by atoms with Crippen LogP contribution in [0.4, 0.5) is 5.82 Å². The van der Waals surface area contributed by atoms with Crippen LogP contribution in [-0.4, -0.2) is 42.1 Å². The summed E-state index contributed by atoms with van der Waals surface area (Å²) in [5, 5.41) is 3.42. The average Bonchev–Trinajstić information content (AvgIpc) is 2.22. The number of thiocarbonyl (C=S) groups is 1. The highest BCUT2D eigenvalue weighted by atomic mass is 32.1. The van der Waals surface area contributed by atoms with Gasteiger partial charge < -0.3 is 16.0 Å². The van der Waals surface area contributed by atoms with Gasteiger partial charge >= 0.3 is 0 Å². The first-order valence-electron chi connectivity index (χ1n) is 6.79. The van der Waals surface area contributed by atoms with Crippen LogP contribution < -0.4 is 11.1 Å². The molecule has 0 aliphatic carbocycles. The summed E-state index contributed by atoms with van der Waals surface area (Å²) in [5.74, 6) is 0.793. The zero-order valence-electron chi connectivity index (χ0n) is 13.4. The third kappa shape index (κ3) is 4.72. The van der Waals surface area contributed by atoms with Gasteiger partial charge in [-0.1, -0.05) is 26.1 Å². The standard InChI is InChI=1S/C15H26N4S/c1-10-7-11(2)18-14(12(10)13(16)20)17-8-15(3,4)9-19(5)6/h7H,8-9H2,1-6H3,(H2,16,20)(H,17,18). The highest BCUT2D eigenvalue weighted by Gasteiger charge is 2.20. The minimum absolute atomic E-state index is 0.135. The summed E-state index contributed by atoms with van der Waals surface area (Å²) >= 11 is 5.15. The van der Waals surface area contributed by atoms with E-state index in [0.717, 1.165) is 35.7 Å². The maximum absolute atomic E-state index is 5.83. The number of nitrogens with zero attached hydrogens (tertiary/aromatic N) is 2. The molecule has 0 aliphatic heterocycles. The second-order valence-electron chi connectivity index (χ2n) is 6.42. The molecule has 1 aromatic heterocycles. The molecule has 20 heavy (non-hydrogen) atoms. The van der Waals surface area contributed by atoms with E-state index in [1.54, 1.807) is 0 Å². The van der Waals surface area contributed by atoms with Crippen LogP contribution in [0.3, 0.4) is 0 Å². The van der Waals surface area contributed by atoms with E-state index in [-0.39, 0.29) is 5.41 Å². The minimum atomic E-state index is 0.135. The van der Waals surface area contributed by atoms with E-state index < -0.39 is 0 Å². The van der Waals surface area contributed by atoms with Crippen molar-refractivity contribution in [3.63, 3.8) is 0 Å². The molecule has 0 spiro atoms. The van der Waals surface area contributed by atoms with Gasteiger partial charge in [0.15, 0.2) is 0 Å². The van der Waals surface area contributed by atoms with Crippen molar-refractivity contribution < 1.29 is 0 Å². The molecule has 0 aliphatic rings. The molecule has 0 saturated carbocycles. The maximum Gasteiger partial charge on any atom is 0.136 e. The van der Waals surface area contributed by atoms with Crippen molar-refractivity contribution in [1.29, 1.82) is 0 Å². The average molecular weight is 294 g/mol. The van der Waals surface area contributed by atoms with Crippen molar-refractivity contribution in [3.05, 3.63) is 22.9 Å². The predicted molar refractivity (Wildman–Crippen MR) is 90.4 cm³/mol. The Morgan fingerprint density at radius 2 is 2.00 bits per heavy atom. The molecule has 0 aromatic carbocycles. The van der Waals surface area contributed by atoms with Crippen LogP contribution in [0.2, 0.25) is 0 Å². The Morgan fingerprint density at radius 3 is 2.50 bits per heavy atom. The molecule has 0 radical (unpaired) electrons. The molecule has 0 saturated heterocycles. The fraction of sp³-hybridized carbons (Fsp3) is 0.600. The number of hydrogen-bond acceptors (Lipinski definition) is 4. The quantitative estimate of drug-likeness (QED) is 0.789. The van der Waals surface area contributed by atoms with Crippen molar-refractivity contribution in [2.24, 2.45) is 11.1 Å². The smallest absolute Gasteiger partial charge is 0.136 e. The molecule has 0 amide bonds. The monoisotopic (exact) mass is 294 g/mol. The Bertz CT molecular complexity index is 495. The maximum atomic E-state index is 5.83. The van der Waals surface area contributed by atoms with Crippen LogP contribution in [0, 0.1) is 19.3 Å². The second-order valence-corrected chi connectivity index (χ2v) is 6.86. The lowest BCUT2D eigenvalue weighted by atomic mass is 9.93. The van der Waals surface area contributed by atoms with Crippen molar-refractivity contribution in [2.45, 2.75) is 27.7 Å².